The van der Waals surface area contributed by atoms with E-state index in [-0.39, 0.29) is 11.4 Å². The van der Waals surface area contributed by atoms with E-state index in [0.29, 0.717) is 6.54 Å². The number of hydrogen-bond donors (Lipinski definition) is 0. The first-order valence-corrected chi connectivity index (χ1v) is 8.43. The highest BCUT2D eigenvalue weighted by molar-refractivity contribution is 14.1. The summed E-state index contributed by atoms with van der Waals surface area (Å²) in [6.45, 7) is 6.48. The van der Waals surface area contributed by atoms with Crippen LogP contribution in [0, 0.1) is 9.39 Å². The lowest BCUT2D eigenvalue weighted by atomic mass is 10.1. The van der Waals surface area contributed by atoms with Crippen LogP contribution in [-0.2, 0) is 13.1 Å². The van der Waals surface area contributed by atoms with E-state index < -0.39 is 0 Å². The topological polar surface area (TPSA) is 12.5 Å². The lowest BCUT2D eigenvalue weighted by Gasteiger charge is -2.29. The van der Waals surface area contributed by atoms with Gasteiger partial charge in [0.15, 0.2) is 0 Å². The van der Waals surface area contributed by atoms with Gasteiger partial charge in [-0.2, -0.15) is 0 Å². The zero-order chi connectivity index (χ0) is 15.7. The van der Waals surface area contributed by atoms with Crippen LogP contribution in [0.1, 0.15) is 25.0 Å². The Hall–Kier alpha value is -1.14. The van der Waals surface area contributed by atoms with Gasteiger partial charge in [-0.15, -0.1) is 0 Å². The Morgan fingerprint density at radius 1 is 1.23 bits per heavy atom. The van der Waals surface area contributed by atoms with Crippen LogP contribution in [0.5, 0.6) is 5.75 Å². The number of halogens is 2. The largest absolute Gasteiger partial charge is 0.486 e. The van der Waals surface area contributed by atoms with E-state index in [2.05, 4.69) is 65.6 Å². The molecule has 2 aromatic carbocycles. The molecule has 0 atom stereocenters. The van der Waals surface area contributed by atoms with Crippen molar-refractivity contribution in [2.45, 2.75) is 32.5 Å². The Bertz CT molecular complexity index is 687. The zero-order valence-corrected chi connectivity index (χ0v) is 14.9. The smallest absolute Gasteiger partial charge is 0.124 e. The Morgan fingerprint density at radius 2 is 2.05 bits per heavy atom. The standard InChI is InChI=1S/C18H19FINO/c1-18(2)12-21(10-13-4-3-5-16(20)8-13)11-14-9-15(19)6-7-17(14)22-18/h3-9H,10-12H2,1-2H3. The van der Waals surface area contributed by atoms with Crippen molar-refractivity contribution < 1.29 is 9.13 Å². The third kappa shape index (κ3) is 3.79. The molecule has 3 rings (SSSR count). The number of fused-ring (bicyclic) bond motifs is 1. The van der Waals surface area contributed by atoms with Crippen LogP contribution in [0.3, 0.4) is 0 Å². The van der Waals surface area contributed by atoms with Crippen LogP contribution in [0.15, 0.2) is 42.5 Å². The fourth-order valence-corrected chi connectivity index (χ4v) is 3.55. The first-order chi connectivity index (χ1) is 10.4. The summed E-state index contributed by atoms with van der Waals surface area (Å²) in [5.74, 6) is 0.577. The van der Waals surface area contributed by atoms with Crippen molar-refractivity contribution in [1.29, 1.82) is 0 Å². The average molecular weight is 411 g/mol. The molecule has 4 heteroatoms. The molecular weight excluding hydrogens is 392 g/mol. The van der Waals surface area contributed by atoms with Crippen molar-refractivity contribution in [3.63, 3.8) is 0 Å². The van der Waals surface area contributed by atoms with Crippen molar-refractivity contribution in [3.8, 4) is 5.75 Å². The van der Waals surface area contributed by atoms with Gasteiger partial charge in [0, 0.05) is 28.8 Å². The van der Waals surface area contributed by atoms with Gasteiger partial charge in [-0.3, -0.25) is 4.90 Å². The van der Waals surface area contributed by atoms with E-state index in [9.17, 15) is 4.39 Å². The summed E-state index contributed by atoms with van der Waals surface area (Å²) >= 11 is 2.33. The van der Waals surface area contributed by atoms with Crippen molar-refractivity contribution in [1.82, 2.24) is 4.90 Å². The molecular formula is C18H19FINO. The van der Waals surface area contributed by atoms with Gasteiger partial charge < -0.3 is 4.74 Å². The number of ether oxygens (including phenoxy) is 1. The molecule has 22 heavy (non-hydrogen) atoms. The van der Waals surface area contributed by atoms with Gasteiger partial charge in [0.05, 0.1) is 0 Å². The van der Waals surface area contributed by atoms with Gasteiger partial charge in [0.2, 0.25) is 0 Å². The van der Waals surface area contributed by atoms with Gasteiger partial charge in [0.1, 0.15) is 17.2 Å². The first kappa shape index (κ1) is 15.7. The SMILES string of the molecule is CC1(C)CN(Cc2cccc(I)c2)Cc2cc(F)ccc2O1. The van der Waals surface area contributed by atoms with Crippen molar-refractivity contribution in [2.75, 3.05) is 6.54 Å². The third-order valence-corrected chi connectivity index (χ3v) is 4.37. The quantitative estimate of drug-likeness (QED) is 0.670. The summed E-state index contributed by atoms with van der Waals surface area (Å²) in [7, 11) is 0. The molecule has 0 fully saturated rings. The molecule has 0 amide bonds. The van der Waals surface area contributed by atoms with Crippen LogP contribution < -0.4 is 4.74 Å². The second-order valence-electron chi connectivity index (χ2n) is 6.39. The maximum Gasteiger partial charge on any atom is 0.124 e. The minimum Gasteiger partial charge on any atom is -0.486 e. The Balaban J connectivity index is 1.88. The van der Waals surface area contributed by atoms with Crippen molar-refractivity contribution in [3.05, 3.63) is 63.0 Å². The van der Waals surface area contributed by atoms with E-state index >= 15 is 0 Å². The molecule has 0 unspecified atom stereocenters. The van der Waals surface area contributed by atoms with Crippen LogP contribution in [0.2, 0.25) is 0 Å². The molecule has 0 N–H and O–H groups in total. The van der Waals surface area contributed by atoms with E-state index in [1.165, 1.54) is 15.2 Å². The summed E-state index contributed by atoms with van der Waals surface area (Å²) < 4.78 is 20.9. The highest BCUT2D eigenvalue weighted by Crippen LogP contribution is 2.30. The second-order valence-corrected chi connectivity index (χ2v) is 7.63. The normalized spacial score (nSPS) is 17.5. The summed E-state index contributed by atoms with van der Waals surface area (Å²) in [4.78, 5) is 2.32. The van der Waals surface area contributed by atoms with Crippen molar-refractivity contribution >= 4 is 22.6 Å². The lowest BCUT2D eigenvalue weighted by Crippen LogP contribution is -2.40. The molecule has 0 aliphatic carbocycles. The van der Waals surface area contributed by atoms with Crippen LogP contribution in [-0.4, -0.2) is 17.0 Å². The first-order valence-electron chi connectivity index (χ1n) is 7.35. The molecule has 0 spiro atoms. The monoisotopic (exact) mass is 411 g/mol. The predicted molar refractivity (Wildman–Crippen MR) is 94.4 cm³/mol. The third-order valence-electron chi connectivity index (χ3n) is 3.70. The van der Waals surface area contributed by atoms with Crippen LogP contribution in [0.25, 0.3) is 0 Å². The Morgan fingerprint density at radius 3 is 2.82 bits per heavy atom. The fourth-order valence-electron chi connectivity index (χ4n) is 2.94. The summed E-state index contributed by atoms with van der Waals surface area (Å²) in [5.41, 5.74) is 1.88. The lowest BCUT2D eigenvalue weighted by molar-refractivity contribution is 0.0682. The molecule has 0 radical (unpaired) electrons. The zero-order valence-electron chi connectivity index (χ0n) is 12.8. The number of benzene rings is 2. The van der Waals surface area contributed by atoms with Crippen molar-refractivity contribution in [2.24, 2.45) is 0 Å². The molecule has 0 saturated carbocycles. The Labute approximate surface area is 144 Å². The minimum absolute atomic E-state index is 0.212. The molecule has 0 aromatic heterocycles. The highest BCUT2D eigenvalue weighted by Gasteiger charge is 2.29. The van der Waals surface area contributed by atoms with Gasteiger partial charge in [0.25, 0.3) is 0 Å². The summed E-state index contributed by atoms with van der Waals surface area (Å²) in [5, 5.41) is 0. The van der Waals surface area contributed by atoms with Gasteiger partial charge in [-0.1, -0.05) is 12.1 Å². The molecule has 0 saturated heterocycles. The van der Waals surface area contributed by atoms with E-state index in [1.807, 2.05) is 0 Å². The minimum atomic E-state index is -0.301. The maximum atomic E-state index is 13.6. The molecule has 2 nitrogen and oxygen atoms in total. The second kappa shape index (κ2) is 6.16. The van der Waals surface area contributed by atoms with Gasteiger partial charge >= 0.3 is 0 Å². The van der Waals surface area contributed by atoms with Crippen LogP contribution >= 0.6 is 22.6 Å². The molecule has 116 valence electrons. The van der Waals surface area contributed by atoms with Crippen LogP contribution in [0.4, 0.5) is 4.39 Å². The molecule has 1 aliphatic rings. The van der Waals surface area contributed by atoms with E-state index in [4.69, 9.17) is 4.74 Å². The fraction of sp³-hybridized carbons (Fsp3) is 0.333. The molecule has 1 aliphatic heterocycles. The molecule has 0 bridgehead atoms. The Kier molecular flexibility index (Phi) is 4.41. The molecule has 2 aromatic rings. The summed E-state index contributed by atoms with van der Waals surface area (Å²) in [6, 6.07) is 13.3. The average Bonchev–Trinajstić information content (AvgIpc) is 2.53. The van der Waals surface area contributed by atoms with E-state index in [0.717, 1.165) is 24.4 Å². The number of nitrogens with zero attached hydrogens (tertiary/aromatic N) is 1. The molecule has 1 heterocycles. The summed E-state index contributed by atoms with van der Waals surface area (Å²) in [6.07, 6.45) is 0. The van der Waals surface area contributed by atoms with E-state index in [1.54, 1.807) is 12.1 Å². The highest BCUT2D eigenvalue weighted by atomic mass is 127. The maximum absolute atomic E-state index is 13.6. The predicted octanol–water partition coefficient (Wildman–Crippen LogP) is 4.60. The van der Waals surface area contributed by atoms with Gasteiger partial charge in [-0.25, -0.2) is 4.39 Å². The van der Waals surface area contributed by atoms with Gasteiger partial charge in [-0.05, 0) is 72.3 Å². The number of hydrogen-bond acceptors (Lipinski definition) is 2. The number of rotatable bonds is 2.